The SMILES string of the molecule is C=CC(=O)N1CCCN(C(=O)c2cc(Sc3cnc(NC(=O)C4CC4)s3)c(C)cc2F)C[C@H]1C. The van der Waals surface area contributed by atoms with Crippen molar-refractivity contribution in [2.45, 2.75) is 48.3 Å². The van der Waals surface area contributed by atoms with Gasteiger partial charge in [-0.3, -0.25) is 14.4 Å². The third kappa shape index (κ3) is 5.50. The molecule has 1 atom stereocenters. The van der Waals surface area contributed by atoms with Crippen LogP contribution in [-0.4, -0.2) is 58.2 Å². The number of anilines is 1. The molecule has 3 amide bonds. The first-order chi connectivity index (χ1) is 16.3. The van der Waals surface area contributed by atoms with Crippen LogP contribution in [0.4, 0.5) is 9.52 Å². The maximum absolute atomic E-state index is 14.9. The number of aryl methyl sites for hydroxylation is 1. The molecule has 2 heterocycles. The molecule has 0 bridgehead atoms. The molecular weight excluding hydrogens is 475 g/mol. The largest absolute Gasteiger partial charge is 0.336 e. The summed E-state index contributed by atoms with van der Waals surface area (Å²) in [6, 6.07) is 2.77. The van der Waals surface area contributed by atoms with E-state index < -0.39 is 5.82 Å². The standard InChI is InChI=1S/C24H27FN4O3S2/c1-4-20(30)29-9-5-8-28(13-15(29)3)23(32)17-11-19(14(2)10-18(17)25)33-21-12-26-24(34-21)27-22(31)16-6-7-16/h4,10-12,15-16H,1,5-9,13H2,2-3H3,(H,26,27,31)/t15-/m1/s1. The van der Waals surface area contributed by atoms with Gasteiger partial charge in [0.1, 0.15) is 5.82 Å². The highest BCUT2D eigenvalue weighted by Gasteiger charge is 2.30. The zero-order chi connectivity index (χ0) is 24.4. The van der Waals surface area contributed by atoms with Gasteiger partial charge in [0.05, 0.1) is 16.0 Å². The van der Waals surface area contributed by atoms with E-state index in [0.717, 1.165) is 21.9 Å². The first-order valence-electron chi connectivity index (χ1n) is 11.2. The van der Waals surface area contributed by atoms with E-state index in [1.54, 1.807) is 29.0 Å². The lowest BCUT2D eigenvalue weighted by atomic mass is 10.1. The molecule has 0 spiro atoms. The molecule has 2 fully saturated rings. The van der Waals surface area contributed by atoms with E-state index >= 15 is 0 Å². The van der Waals surface area contributed by atoms with Gasteiger partial charge in [-0.2, -0.15) is 0 Å². The number of benzene rings is 1. The Hall–Kier alpha value is -2.72. The van der Waals surface area contributed by atoms with E-state index in [1.807, 2.05) is 6.92 Å². The van der Waals surface area contributed by atoms with Gasteiger partial charge in [-0.25, -0.2) is 9.37 Å². The summed E-state index contributed by atoms with van der Waals surface area (Å²) in [5, 5.41) is 3.37. The molecule has 180 valence electrons. The number of nitrogens with zero attached hydrogens (tertiary/aromatic N) is 3. The second-order valence-electron chi connectivity index (χ2n) is 8.64. The van der Waals surface area contributed by atoms with Crippen LogP contribution in [0.2, 0.25) is 0 Å². The van der Waals surface area contributed by atoms with E-state index in [9.17, 15) is 18.8 Å². The predicted octanol–water partition coefficient (Wildman–Crippen LogP) is 4.34. The molecule has 0 radical (unpaired) electrons. The molecule has 1 saturated heterocycles. The molecule has 2 aromatic rings. The summed E-state index contributed by atoms with van der Waals surface area (Å²) >= 11 is 2.74. The molecule has 10 heteroatoms. The van der Waals surface area contributed by atoms with Crippen LogP contribution in [0.25, 0.3) is 0 Å². The van der Waals surface area contributed by atoms with Gasteiger partial charge in [0.15, 0.2) is 5.13 Å². The van der Waals surface area contributed by atoms with E-state index in [-0.39, 0.29) is 35.2 Å². The Morgan fingerprint density at radius 2 is 2.06 bits per heavy atom. The number of hydrogen-bond donors (Lipinski definition) is 1. The zero-order valence-corrected chi connectivity index (χ0v) is 20.8. The highest BCUT2D eigenvalue weighted by Crippen LogP contribution is 2.38. The number of nitrogens with one attached hydrogen (secondary N) is 1. The van der Waals surface area contributed by atoms with Crippen LogP contribution in [0.5, 0.6) is 0 Å². The summed E-state index contributed by atoms with van der Waals surface area (Å²) in [7, 11) is 0. The van der Waals surface area contributed by atoms with E-state index in [1.165, 1.54) is 35.2 Å². The Bertz CT molecular complexity index is 1130. The number of rotatable bonds is 6. The Morgan fingerprint density at radius 1 is 1.29 bits per heavy atom. The molecule has 0 unspecified atom stereocenters. The van der Waals surface area contributed by atoms with Crippen LogP contribution in [-0.2, 0) is 9.59 Å². The molecule has 1 aliphatic heterocycles. The molecule has 4 rings (SSSR count). The quantitative estimate of drug-likeness (QED) is 0.595. The highest BCUT2D eigenvalue weighted by molar-refractivity contribution is 8.01. The highest BCUT2D eigenvalue weighted by atomic mass is 32.2. The molecular formula is C24H27FN4O3S2. The third-order valence-corrected chi connectivity index (χ3v) is 8.13. The second kappa shape index (κ2) is 10.3. The summed E-state index contributed by atoms with van der Waals surface area (Å²) in [4.78, 5) is 45.7. The first kappa shape index (κ1) is 24.4. The minimum Gasteiger partial charge on any atom is -0.336 e. The molecule has 1 saturated carbocycles. The molecule has 34 heavy (non-hydrogen) atoms. The van der Waals surface area contributed by atoms with Crippen LogP contribution in [0.1, 0.15) is 42.1 Å². The Balaban J connectivity index is 1.49. The van der Waals surface area contributed by atoms with Gasteiger partial charge < -0.3 is 15.1 Å². The Labute approximate surface area is 206 Å². The lowest BCUT2D eigenvalue weighted by Gasteiger charge is -2.28. The average molecular weight is 503 g/mol. The Kier molecular flexibility index (Phi) is 7.37. The van der Waals surface area contributed by atoms with Crippen LogP contribution in [0, 0.1) is 18.7 Å². The molecule has 1 N–H and O–H groups in total. The number of aromatic nitrogens is 1. The van der Waals surface area contributed by atoms with Gasteiger partial charge in [0.25, 0.3) is 5.91 Å². The lowest BCUT2D eigenvalue weighted by Crippen LogP contribution is -2.43. The predicted molar refractivity (Wildman–Crippen MR) is 131 cm³/mol. The summed E-state index contributed by atoms with van der Waals surface area (Å²) in [6.07, 6.45) is 5.40. The minimum atomic E-state index is -0.565. The van der Waals surface area contributed by atoms with Gasteiger partial charge in [-0.1, -0.05) is 29.7 Å². The van der Waals surface area contributed by atoms with Crippen molar-refractivity contribution in [3.63, 3.8) is 0 Å². The fourth-order valence-electron chi connectivity index (χ4n) is 3.91. The first-order valence-corrected chi connectivity index (χ1v) is 12.9. The summed E-state index contributed by atoms with van der Waals surface area (Å²) in [5.41, 5.74) is 0.721. The average Bonchev–Trinajstić information content (AvgIpc) is 3.60. The normalized spacial score (nSPS) is 18.4. The van der Waals surface area contributed by atoms with Crippen molar-refractivity contribution in [3.8, 4) is 0 Å². The van der Waals surface area contributed by atoms with Crippen molar-refractivity contribution in [2.75, 3.05) is 25.0 Å². The zero-order valence-electron chi connectivity index (χ0n) is 19.2. The van der Waals surface area contributed by atoms with E-state index in [0.29, 0.717) is 36.8 Å². The summed E-state index contributed by atoms with van der Waals surface area (Å²) < 4.78 is 15.7. The smallest absolute Gasteiger partial charge is 0.256 e. The lowest BCUT2D eigenvalue weighted by molar-refractivity contribution is -0.127. The molecule has 1 aromatic heterocycles. The van der Waals surface area contributed by atoms with E-state index in [2.05, 4.69) is 16.9 Å². The Morgan fingerprint density at radius 3 is 2.76 bits per heavy atom. The maximum atomic E-state index is 14.9. The number of carbonyl (C=O) groups excluding carboxylic acids is 3. The number of halogens is 1. The summed E-state index contributed by atoms with van der Waals surface area (Å²) in [5.74, 6) is -1.03. The van der Waals surface area contributed by atoms with Gasteiger partial charge in [0, 0.05) is 36.5 Å². The molecule has 7 nitrogen and oxygen atoms in total. The van der Waals surface area contributed by atoms with Crippen LogP contribution < -0.4 is 5.32 Å². The topological polar surface area (TPSA) is 82.6 Å². The van der Waals surface area contributed by atoms with Gasteiger partial charge in [-0.05, 0) is 56.9 Å². The fourth-order valence-corrected chi connectivity index (χ4v) is 5.86. The van der Waals surface area contributed by atoms with Crippen molar-refractivity contribution in [1.82, 2.24) is 14.8 Å². The number of carbonyl (C=O) groups is 3. The van der Waals surface area contributed by atoms with Crippen LogP contribution >= 0.6 is 23.1 Å². The number of amides is 3. The number of thiazole rings is 1. The molecule has 2 aliphatic rings. The van der Waals surface area contributed by atoms with Crippen molar-refractivity contribution >= 4 is 46.0 Å². The third-order valence-electron chi connectivity index (χ3n) is 5.96. The second-order valence-corrected chi connectivity index (χ2v) is 11.0. The number of hydrogen-bond acceptors (Lipinski definition) is 6. The fraction of sp³-hybridized carbons (Fsp3) is 0.417. The van der Waals surface area contributed by atoms with Crippen molar-refractivity contribution < 1.29 is 18.8 Å². The van der Waals surface area contributed by atoms with Crippen LogP contribution in [0.15, 0.2) is 40.1 Å². The van der Waals surface area contributed by atoms with Crippen molar-refractivity contribution in [3.05, 3.63) is 47.9 Å². The van der Waals surface area contributed by atoms with Gasteiger partial charge in [0.2, 0.25) is 11.8 Å². The maximum Gasteiger partial charge on any atom is 0.256 e. The molecule has 1 aromatic carbocycles. The molecule has 1 aliphatic carbocycles. The monoisotopic (exact) mass is 502 g/mol. The van der Waals surface area contributed by atoms with Crippen molar-refractivity contribution in [1.29, 1.82) is 0 Å². The minimum absolute atomic E-state index is 0.00298. The van der Waals surface area contributed by atoms with Gasteiger partial charge in [-0.15, -0.1) is 0 Å². The van der Waals surface area contributed by atoms with Gasteiger partial charge >= 0.3 is 0 Å². The van der Waals surface area contributed by atoms with Crippen LogP contribution in [0.3, 0.4) is 0 Å². The summed E-state index contributed by atoms with van der Waals surface area (Å²) in [6.45, 7) is 8.51. The van der Waals surface area contributed by atoms with E-state index in [4.69, 9.17) is 0 Å². The van der Waals surface area contributed by atoms with Crippen molar-refractivity contribution in [2.24, 2.45) is 5.92 Å².